The van der Waals surface area contributed by atoms with E-state index in [1.165, 1.54) is 5.75 Å². The smallest absolute Gasteiger partial charge is 0.0407 e. The molecule has 0 heterocycles. The molecular formula is C10H14ClNS. The maximum Gasteiger partial charge on any atom is 0.0407 e. The van der Waals surface area contributed by atoms with Gasteiger partial charge in [0.15, 0.2) is 0 Å². The number of hydrogen-bond acceptors (Lipinski definition) is 2. The highest BCUT2D eigenvalue weighted by atomic mass is 35.5. The summed E-state index contributed by atoms with van der Waals surface area (Å²) in [5.41, 5.74) is 1.14. The highest BCUT2D eigenvalue weighted by molar-refractivity contribution is 7.99. The van der Waals surface area contributed by atoms with E-state index in [1.807, 2.05) is 36.0 Å². The standard InChI is InChI=1S/C10H14ClNS/c1-2-13-8-7-12-10-5-3-9(11)4-6-10/h3-6,12H,2,7-8H2,1H3. The lowest BCUT2D eigenvalue weighted by molar-refractivity contribution is 1.23. The van der Waals surface area contributed by atoms with Gasteiger partial charge in [-0.15, -0.1) is 0 Å². The van der Waals surface area contributed by atoms with Gasteiger partial charge in [0, 0.05) is 23.0 Å². The summed E-state index contributed by atoms with van der Waals surface area (Å²) in [4.78, 5) is 0. The van der Waals surface area contributed by atoms with Crippen LogP contribution in [-0.4, -0.2) is 18.1 Å². The van der Waals surface area contributed by atoms with Gasteiger partial charge < -0.3 is 5.32 Å². The number of nitrogens with one attached hydrogen (secondary N) is 1. The summed E-state index contributed by atoms with van der Waals surface area (Å²) < 4.78 is 0. The largest absolute Gasteiger partial charge is 0.384 e. The summed E-state index contributed by atoms with van der Waals surface area (Å²) in [6.07, 6.45) is 0. The lowest BCUT2D eigenvalue weighted by atomic mass is 10.3. The number of hydrogen-bond donors (Lipinski definition) is 1. The van der Waals surface area contributed by atoms with Crippen molar-refractivity contribution in [2.24, 2.45) is 0 Å². The lowest BCUT2D eigenvalue weighted by Gasteiger charge is -2.04. The van der Waals surface area contributed by atoms with Gasteiger partial charge in [0.1, 0.15) is 0 Å². The first kappa shape index (κ1) is 10.7. The predicted octanol–water partition coefficient (Wildman–Crippen LogP) is 3.51. The number of benzene rings is 1. The van der Waals surface area contributed by atoms with Crippen LogP contribution in [0.5, 0.6) is 0 Å². The summed E-state index contributed by atoms with van der Waals surface area (Å²) in [6.45, 7) is 3.19. The fourth-order valence-corrected chi connectivity index (χ4v) is 1.64. The summed E-state index contributed by atoms with van der Waals surface area (Å²) in [7, 11) is 0. The van der Waals surface area contributed by atoms with Crippen molar-refractivity contribution in [3.8, 4) is 0 Å². The summed E-state index contributed by atoms with van der Waals surface area (Å²) in [5.74, 6) is 2.33. The van der Waals surface area contributed by atoms with E-state index in [2.05, 4.69) is 12.2 Å². The van der Waals surface area contributed by atoms with Gasteiger partial charge in [-0.1, -0.05) is 18.5 Å². The molecule has 0 amide bonds. The molecule has 0 spiro atoms. The molecule has 1 aromatic rings. The van der Waals surface area contributed by atoms with Crippen LogP contribution in [0.3, 0.4) is 0 Å². The van der Waals surface area contributed by atoms with Crippen molar-refractivity contribution in [1.29, 1.82) is 0 Å². The van der Waals surface area contributed by atoms with Crippen molar-refractivity contribution in [2.75, 3.05) is 23.4 Å². The third kappa shape index (κ3) is 4.44. The Kier molecular flexibility index (Phi) is 5.09. The summed E-state index contributed by atoms with van der Waals surface area (Å²) in [5, 5.41) is 4.11. The van der Waals surface area contributed by atoms with Crippen LogP contribution in [0.1, 0.15) is 6.92 Å². The van der Waals surface area contributed by atoms with Crippen molar-refractivity contribution in [2.45, 2.75) is 6.92 Å². The van der Waals surface area contributed by atoms with Gasteiger partial charge in [-0.05, 0) is 30.0 Å². The van der Waals surface area contributed by atoms with Crippen LogP contribution in [0.15, 0.2) is 24.3 Å². The van der Waals surface area contributed by atoms with E-state index in [0.29, 0.717) is 0 Å². The van der Waals surface area contributed by atoms with Crippen molar-refractivity contribution < 1.29 is 0 Å². The molecule has 0 unspecified atom stereocenters. The van der Waals surface area contributed by atoms with E-state index < -0.39 is 0 Å². The molecule has 0 saturated carbocycles. The second kappa shape index (κ2) is 6.17. The van der Waals surface area contributed by atoms with E-state index in [4.69, 9.17) is 11.6 Å². The molecule has 13 heavy (non-hydrogen) atoms. The number of halogens is 1. The Bertz CT molecular complexity index is 235. The highest BCUT2D eigenvalue weighted by Gasteiger charge is 1.91. The first-order valence-electron chi connectivity index (χ1n) is 4.40. The average Bonchev–Trinajstić information content (AvgIpc) is 2.15. The van der Waals surface area contributed by atoms with Crippen LogP contribution in [-0.2, 0) is 0 Å². The Balaban J connectivity index is 2.25. The van der Waals surface area contributed by atoms with Crippen molar-refractivity contribution in [3.05, 3.63) is 29.3 Å². The van der Waals surface area contributed by atoms with Crippen LogP contribution in [0.4, 0.5) is 5.69 Å². The molecule has 0 aliphatic heterocycles. The van der Waals surface area contributed by atoms with Crippen LogP contribution in [0.25, 0.3) is 0 Å². The number of thioether (sulfide) groups is 1. The zero-order valence-electron chi connectivity index (χ0n) is 7.72. The Hall–Kier alpha value is -0.340. The summed E-state index contributed by atoms with van der Waals surface area (Å²) >= 11 is 7.71. The molecule has 1 aromatic carbocycles. The Labute approximate surface area is 88.9 Å². The molecule has 0 aliphatic carbocycles. The Morgan fingerprint density at radius 1 is 1.31 bits per heavy atom. The summed E-state index contributed by atoms with van der Waals surface area (Å²) in [6, 6.07) is 7.80. The molecule has 1 N–H and O–H groups in total. The zero-order chi connectivity index (χ0) is 9.52. The van der Waals surface area contributed by atoms with E-state index >= 15 is 0 Å². The molecule has 0 saturated heterocycles. The molecule has 0 aliphatic rings. The minimum atomic E-state index is 0.786. The van der Waals surface area contributed by atoms with Crippen molar-refractivity contribution >= 4 is 29.1 Å². The second-order valence-corrected chi connectivity index (χ2v) is 4.46. The maximum absolute atomic E-state index is 5.76. The van der Waals surface area contributed by atoms with Gasteiger partial charge in [0.25, 0.3) is 0 Å². The van der Waals surface area contributed by atoms with Crippen molar-refractivity contribution in [1.82, 2.24) is 0 Å². The molecule has 1 rings (SSSR count). The fraction of sp³-hybridized carbons (Fsp3) is 0.400. The highest BCUT2D eigenvalue weighted by Crippen LogP contribution is 2.13. The zero-order valence-corrected chi connectivity index (χ0v) is 9.29. The van der Waals surface area contributed by atoms with E-state index in [0.717, 1.165) is 23.0 Å². The van der Waals surface area contributed by atoms with Crippen LogP contribution < -0.4 is 5.32 Å². The molecule has 1 nitrogen and oxygen atoms in total. The molecule has 72 valence electrons. The van der Waals surface area contributed by atoms with Gasteiger partial charge in [-0.2, -0.15) is 11.8 Å². The fourth-order valence-electron chi connectivity index (χ4n) is 0.980. The first-order valence-corrected chi connectivity index (χ1v) is 5.93. The van der Waals surface area contributed by atoms with Gasteiger partial charge in [0.2, 0.25) is 0 Å². The number of anilines is 1. The molecule has 0 aromatic heterocycles. The van der Waals surface area contributed by atoms with Crippen molar-refractivity contribution in [3.63, 3.8) is 0 Å². The predicted molar refractivity (Wildman–Crippen MR) is 62.9 cm³/mol. The molecule has 0 radical (unpaired) electrons. The first-order chi connectivity index (χ1) is 6.33. The van der Waals surface area contributed by atoms with Gasteiger partial charge in [-0.3, -0.25) is 0 Å². The quantitative estimate of drug-likeness (QED) is 0.755. The molecule has 3 heteroatoms. The minimum absolute atomic E-state index is 0.786. The lowest BCUT2D eigenvalue weighted by Crippen LogP contribution is -2.03. The normalized spacial score (nSPS) is 10.0. The Morgan fingerprint density at radius 3 is 2.62 bits per heavy atom. The van der Waals surface area contributed by atoms with Gasteiger partial charge in [-0.25, -0.2) is 0 Å². The topological polar surface area (TPSA) is 12.0 Å². The molecular weight excluding hydrogens is 202 g/mol. The van der Waals surface area contributed by atoms with Gasteiger partial charge in [0.05, 0.1) is 0 Å². The second-order valence-electron chi connectivity index (χ2n) is 2.63. The minimum Gasteiger partial charge on any atom is -0.384 e. The van der Waals surface area contributed by atoms with Crippen LogP contribution in [0, 0.1) is 0 Å². The molecule has 0 bridgehead atoms. The average molecular weight is 216 g/mol. The van der Waals surface area contributed by atoms with E-state index in [1.54, 1.807) is 0 Å². The van der Waals surface area contributed by atoms with E-state index in [-0.39, 0.29) is 0 Å². The van der Waals surface area contributed by atoms with Crippen LogP contribution in [0.2, 0.25) is 5.02 Å². The monoisotopic (exact) mass is 215 g/mol. The van der Waals surface area contributed by atoms with E-state index in [9.17, 15) is 0 Å². The Morgan fingerprint density at radius 2 is 2.00 bits per heavy atom. The SMILES string of the molecule is CCSCCNc1ccc(Cl)cc1. The maximum atomic E-state index is 5.76. The number of rotatable bonds is 5. The molecule has 0 atom stereocenters. The van der Waals surface area contributed by atoms with Crippen LogP contribution >= 0.6 is 23.4 Å². The third-order valence-corrected chi connectivity index (χ3v) is 2.78. The van der Waals surface area contributed by atoms with Gasteiger partial charge >= 0.3 is 0 Å². The molecule has 0 fully saturated rings. The third-order valence-electron chi connectivity index (χ3n) is 1.62.